The van der Waals surface area contributed by atoms with Crippen LogP contribution >= 0.6 is 24.8 Å². The van der Waals surface area contributed by atoms with Crippen LogP contribution in [0, 0.1) is 0 Å². The Morgan fingerprint density at radius 3 is 2.47 bits per heavy atom. The molecule has 102 valence electrons. The minimum atomic E-state index is 0. The Morgan fingerprint density at radius 1 is 1.12 bits per heavy atom. The second-order valence-corrected chi connectivity index (χ2v) is 3.75. The SMILES string of the molecule is Cl.Cl.NCCCCc1[nH]cnc1CCCCO. The van der Waals surface area contributed by atoms with Crippen molar-refractivity contribution in [2.45, 2.75) is 38.5 Å². The molecule has 0 unspecified atom stereocenters. The zero-order valence-electron chi connectivity index (χ0n) is 10.0. The number of H-pyrrole nitrogens is 1. The Kier molecular flexibility index (Phi) is 13.6. The molecule has 0 amide bonds. The maximum absolute atomic E-state index is 8.70. The maximum atomic E-state index is 8.70. The van der Waals surface area contributed by atoms with Gasteiger partial charge in [0, 0.05) is 12.3 Å². The van der Waals surface area contributed by atoms with Gasteiger partial charge in [-0.05, 0) is 45.1 Å². The van der Waals surface area contributed by atoms with E-state index >= 15 is 0 Å². The van der Waals surface area contributed by atoms with Gasteiger partial charge in [0.2, 0.25) is 0 Å². The summed E-state index contributed by atoms with van der Waals surface area (Å²) in [7, 11) is 0. The Morgan fingerprint density at radius 2 is 1.82 bits per heavy atom. The highest BCUT2D eigenvalue weighted by Gasteiger charge is 2.04. The zero-order chi connectivity index (χ0) is 10.9. The normalized spacial score (nSPS) is 9.53. The molecule has 4 nitrogen and oxygen atoms in total. The number of hydrogen-bond acceptors (Lipinski definition) is 3. The van der Waals surface area contributed by atoms with Crippen molar-refractivity contribution in [2.24, 2.45) is 5.73 Å². The summed E-state index contributed by atoms with van der Waals surface area (Å²) < 4.78 is 0. The number of hydrogen-bond donors (Lipinski definition) is 3. The first kappa shape index (κ1) is 19.1. The van der Waals surface area contributed by atoms with Gasteiger partial charge in [0.25, 0.3) is 0 Å². The lowest BCUT2D eigenvalue weighted by Crippen LogP contribution is -2.00. The van der Waals surface area contributed by atoms with Gasteiger partial charge in [-0.3, -0.25) is 0 Å². The van der Waals surface area contributed by atoms with Crippen LogP contribution in [0.5, 0.6) is 0 Å². The summed E-state index contributed by atoms with van der Waals surface area (Å²) in [4.78, 5) is 7.48. The molecule has 0 bridgehead atoms. The van der Waals surface area contributed by atoms with Crippen molar-refractivity contribution in [3.05, 3.63) is 17.7 Å². The quantitative estimate of drug-likeness (QED) is 0.638. The van der Waals surface area contributed by atoms with Gasteiger partial charge in [0.05, 0.1) is 12.0 Å². The fraction of sp³-hybridized carbons (Fsp3) is 0.727. The standard InChI is InChI=1S/C11H21N3O.2ClH/c12-7-3-1-5-10-11(14-9-13-10)6-2-4-8-15;;/h9,15H,1-8,12H2,(H,13,14);2*1H. The van der Waals surface area contributed by atoms with Gasteiger partial charge >= 0.3 is 0 Å². The van der Waals surface area contributed by atoms with Crippen molar-refractivity contribution in [2.75, 3.05) is 13.2 Å². The number of rotatable bonds is 8. The summed E-state index contributed by atoms with van der Waals surface area (Å²) >= 11 is 0. The Balaban J connectivity index is 0. The summed E-state index contributed by atoms with van der Waals surface area (Å²) in [6.45, 7) is 1.03. The molecule has 4 N–H and O–H groups in total. The molecule has 1 heterocycles. The topological polar surface area (TPSA) is 74.9 Å². The van der Waals surface area contributed by atoms with E-state index in [0.717, 1.165) is 50.8 Å². The van der Waals surface area contributed by atoms with Crippen LogP contribution in [0.4, 0.5) is 0 Å². The summed E-state index contributed by atoms with van der Waals surface area (Å²) in [5.41, 5.74) is 7.84. The van der Waals surface area contributed by atoms with Gasteiger partial charge in [-0.2, -0.15) is 0 Å². The number of aromatic amines is 1. The smallest absolute Gasteiger partial charge is 0.0925 e. The molecule has 0 aliphatic heterocycles. The molecule has 0 saturated heterocycles. The van der Waals surface area contributed by atoms with Crippen molar-refractivity contribution >= 4 is 24.8 Å². The molecule has 1 rings (SSSR count). The zero-order valence-corrected chi connectivity index (χ0v) is 11.7. The number of aliphatic hydroxyl groups is 1. The van der Waals surface area contributed by atoms with Crippen LogP contribution in [-0.4, -0.2) is 28.2 Å². The third kappa shape index (κ3) is 7.60. The highest BCUT2D eigenvalue weighted by Crippen LogP contribution is 2.10. The monoisotopic (exact) mass is 283 g/mol. The third-order valence-electron chi connectivity index (χ3n) is 2.51. The summed E-state index contributed by atoms with van der Waals surface area (Å²) in [5.74, 6) is 0. The van der Waals surface area contributed by atoms with Crippen LogP contribution in [0.2, 0.25) is 0 Å². The molecule has 0 aliphatic rings. The molecule has 17 heavy (non-hydrogen) atoms. The van der Waals surface area contributed by atoms with Crippen molar-refractivity contribution in [3.8, 4) is 0 Å². The van der Waals surface area contributed by atoms with Gasteiger partial charge in [0.1, 0.15) is 0 Å². The van der Waals surface area contributed by atoms with Gasteiger partial charge in [-0.25, -0.2) is 4.98 Å². The van der Waals surface area contributed by atoms with E-state index in [2.05, 4.69) is 9.97 Å². The molecule has 0 spiro atoms. The van der Waals surface area contributed by atoms with Crippen molar-refractivity contribution in [3.63, 3.8) is 0 Å². The second-order valence-electron chi connectivity index (χ2n) is 3.75. The number of unbranched alkanes of at least 4 members (excludes halogenated alkanes) is 2. The third-order valence-corrected chi connectivity index (χ3v) is 2.51. The molecule has 1 aromatic rings. The van der Waals surface area contributed by atoms with E-state index in [1.807, 2.05) is 0 Å². The fourth-order valence-electron chi connectivity index (χ4n) is 1.63. The van der Waals surface area contributed by atoms with Crippen molar-refractivity contribution in [1.82, 2.24) is 9.97 Å². The highest BCUT2D eigenvalue weighted by molar-refractivity contribution is 5.85. The van der Waals surface area contributed by atoms with E-state index in [1.165, 1.54) is 5.69 Å². The lowest BCUT2D eigenvalue weighted by Gasteiger charge is -2.01. The second kappa shape index (κ2) is 12.2. The number of imidazole rings is 1. The van der Waals surface area contributed by atoms with E-state index < -0.39 is 0 Å². The van der Waals surface area contributed by atoms with Crippen LogP contribution < -0.4 is 5.73 Å². The molecule has 0 atom stereocenters. The van der Waals surface area contributed by atoms with E-state index in [0.29, 0.717) is 0 Å². The van der Waals surface area contributed by atoms with Crippen LogP contribution in [0.3, 0.4) is 0 Å². The summed E-state index contributed by atoms with van der Waals surface area (Å²) in [6, 6.07) is 0. The minimum Gasteiger partial charge on any atom is -0.396 e. The first-order valence-corrected chi connectivity index (χ1v) is 5.70. The van der Waals surface area contributed by atoms with Crippen LogP contribution in [0.25, 0.3) is 0 Å². The highest BCUT2D eigenvalue weighted by atomic mass is 35.5. The lowest BCUT2D eigenvalue weighted by molar-refractivity contribution is 0.284. The number of halogens is 2. The Labute approximate surface area is 115 Å². The number of nitrogens with one attached hydrogen (secondary N) is 1. The maximum Gasteiger partial charge on any atom is 0.0925 e. The number of aliphatic hydroxyl groups excluding tert-OH is 1. The summed E-state index contributed by atoms with van der Waals surface area (Å²) in [6.07, 6.45) is 7.79. The number of nitrogens with zero attached hydrogens (tertiary/aromatic N) is 1. The predicted octanol–water partition coefficient (Wildman–Crippen LogP) is 1.85. The van der Waals surface area contributed by atoms with Crippen LogP contribution in [0.15, 0.2) is 6.33 Å². The molecule has 1 aromatic heterocycles. The number of aromatic nitrogens is 2. The van der Waals surface area contributed by atoms with Gasteiger partial charge in [-0.15, -0.1) is 24.8 Å². The minimum absolute atomic E-state index is 0. The summed E-state index contributed by atoms with van der Waals surface area (Å²) in [5, 5.41) is 8.70. The predicted molar refractivity (Wildman–Crippen MR) is 75.1 cm³/mol. The molecule has 6 heteroatoms. The van der Waals surface area contributed by atoms with Crippen LogP contribution in [0.1, 0.15) is 37.1 Å². The molecule has 0 aromatic carbocycles. The Bertz CT molecular complexity index is 244. The molecule has 0 fully saturated rings. The van der Waals surface area contributed by atoms with E-state index in [1.54, 1.807) is 6.33 Å². The lowest BCUT2D eigenvalue weighted by atomic mass is 10.1. The van der Waals surface area contributed by atoms with Gasteiger partial charge < -0.3 is 15.8 Å². The first-order valence-electron chi connectivity index (χ1n) is 5.70. The van der Waals surface area contributed by atoms with Crippen molar-refractivity contribution in [1.29, 1.82) is 0 Å². The number of nitrogens with two attached hydrogens (primary N) is 1. The van der Waals surface area contributed by atoms with Gasteiger partial charge in [0.15, 0.2) is 0 Å². The molecule has 0 radical (unpaired) electrons. The van der Waals surface area contributed by atoms with Crippen molar-refractivity contribution < 1.29 is 5.11 Å². The largest absolute Gasteiger partial charge is 0.396 e. The van der Waals surface area contributed by atoms with E-state index in [9.17, 15) is 0 Å². The fourth-order valence-corrected chi connectivity index (χ4v) is 1.63. The number of aryl methyl sites for hydroxylation is 2. The molecule has 0 saturated carbocycles. The van der Waals surface area contributed by atoms with E-state index in [-0.39, 0.29) is 31.4 Å². The average molecular weight is 284 g/mol. The van der Waals surface area contributed by atoms with Gasteiger partial charge in [-0.1, -0.05) is 0 Å². The first-order chi connectivity index (χ1) is 7.38. The molecular formula is C11H23Cl2N3O. The molecular weight excluding hydrogens is 261 g/mol. The average Bonchev–Trinajstić information content (AvgIpc) is 2.67. The van der Waals surface area contributed by atoms with E-state index in [4.69, 9.17) is 10.8 Å². The molecule has 0 aliphatic carbocycles. The van der Waals surface area contributed by atoms with Crippen LogP contribution in [-0.2, 0) is 12.8 Å². The Hall–Kier alpha value is -0.290.